The lowest BCUT2D eigenvalue weighted by Gasteiger charge is -2.22. The summed E-state index contributed by atoms with van der Waals surface area (Å²) in [4.78, 5) is 11.4. The van der Waals surface area contributed by atoms with E-state index in [1.165, 1.54) is 0 Å². The Kier molecular flexibility index (Phi) is 4.74. The fourth-order valence-corrected chi connectivity index (χ4v) is 2.05. The highest BCUT2D eigenvalue weighted by Crippen LogP contribution is 2.15. The molecule has 1 amide bonds. The number of amides is 1. The van der Waals surface area contributed by atoms with Gasteiger partial charge in [0.05, 0.1) is 6.04 Å². The van der Waals surface area contributed by atoms with Crippen LogP contribution in [0.25, 0.3) is 0 Å². The van der Waals surface area contributed by atoms with Crippen molar-refractivity contribution < 1.29 is 4.79 Å². The molecule has 0 spiro atoms. The van der Waals surface area contributed by atoms with Crippen molar-refractivity contribution in [1.29, 1.82) is 0 Å². The van der Waals surface area contributed by atoms with Crippen LogP contribution in [0.4, 0.5) is 0 Å². The number of hydrogen-bond acceptors (Lipinski definition) is 3. The highest BCUT2D eigenvalue weighted by molar-refractivity contribution is 5.81. The van der Waals surface area contributed by atoms with Gasteiger partial charge in [-0.1, -0.05) is 0 Å². The first kappa shape index (κ1) is 13.5. The van der Waals surface area contributed by atoms with Crippen molar-refractivity contribution in [2.75, 3.05) is 13.6 Å². The van der Waals surface area contributed by atoms with Crippen LogP contribution in [0.2, 0.25) is 0 Å². The van der Waals surface area contributed by atoms with Crippen LogP contribution in [0.3, 0.4) is 0 Å². The highest BCUT2D eigenvalue weighted by atomic mass is 16.2. The lowest BCUT2D eigenvalue weighted by atomic mass is 10.1. The van der Waals surface area contributed by atoms with E-state index >= 15 is 0 Å². The summed E-state index contributed by atoms with van der Waals surface area (Å²) in [5.41, 5.74) is 0.179. The molecule has 0 aromatic rings. The summed E-state index contributed by atoms with van der Waals surface area (Å²) in [5.74, 6) is 0.117. The van der Waals surface area contributed by atoms with Gasteiger partial charge in [-0.25, -0.2) is 0 Å². The molecule has 0 aliphatic carbocycles. The Morgan fingerprint density at radius 3 is 2.62 bits per heavy atom. The standard InChI is InChI=1S/C12H25N3O/c1-12(2,3)14-8-7-9-5-6-10(15-9)11(16)13-4/h9-10,14-15H,5-8H2,1-4H3,(H,13,16). The number of carbonyl (C=O) groups is 1. The van der Waals surface area contributed by atoms with Crippen molar-refractivity contribution in [2.24, 2.45) is 0 Å². The Bertz CT molecular complexity index is 235. The van der Waals surface area contributed by atoms with E-state index in [1.807, 2.05) is 0 Å². The van der Waals surface area contributed by atoms with Gasteiger partial charge in [-0.2, -0.15) is 0 Å². The van der Waals surface area contributed by atoms with Gasteiger partial charge in [0.25, 0.3) is 0 Å². The second-order valence-corrected chi connectivity index (χ2v) is 5.57. The summed E-state index contributed by atoms with van der Waals surface area (Å²) >= 11 is 0. The van der Waals surface area contributed by atoms with Crippen LogP contribution in [-0.4, -0.2) is 37.1 Å². The van der Waals surface area contributed by atoms with E-state index in [-0.39, 0.29) is 17.5 Å². The summed E-state index contributed by atoms with van der Waals surface area (Å²) in [6, 6.07) is 0.502. The van der Waals surface area contributed by atoms with Gasteiger partial charge in [0.1, 0.15) is 0 Å². The third-order valence-corrected chi connectivity index (χ3v) is 2.95. The molecule has 0 saturated carbocycles. The van der Waals surface area contributed by atoms with E-state index in [0.717, 1.165) is 25.8 Å². The molecule has 1 aliphatic heterocycles. The van der Waals surface area contributed by atoms with Crippen LogP contribution < -0.4 is 16.0 Å². The molecular weight excluding hydrogens is 202 g/mol. The number of rotatable bonds is 4. The Morgan fingerprint density at radius 1 is 1.38 bits per heavy atom. The Labute approximate surface area is 98.6 Å². The van der Waals surface area contributed by atoms with Gasteiger partial charge in [0.2, 0.25) is 5.91 Å². The molecule has 4 nitrogen and oxygen atoms in total. The molecule has 0 aromatic carbocycles. The molecule has 1 fully saturated rings. The summed E-state index contributed by atoms with van der Waals surface area (Å²) in [6.07, 6.45) is 3.15. The van der Waals surface area contributed by atoms with E-state index in [1.54, 1.807) is 7.05 Å². The lowest BCUT2D eigenvalue weighted by molar-refractivity contribution is -0.122. The Balaban J connectivity index is 2.19. The maximum absolute atomic E-state index is 11.4. The van der Waals surface area contributed by atoms with Crippen molar-refractivity contribution in [3.8, 4) is 0 Å². The molecule has 2 atom stereocenters. The molecular formula is C12H25N3O. The normalized spacial score (nSPS) is 25.8. The molecule has 0 bridgehead atoms. The number of carbonyl (C=O) groups excluding carboxylic acids is 1. The topological polar surface area (TPSA) is 53.2 Å². The van der Waals surface area contributed by atoms with Crippen LogP contribution in [-0.2, 0) is 4.79 Å². The van der Waals surface area contributed by atoms with Crippen molar-refractivity contribution in [3.63, 3.8) is 0 Å². The molecule has 16 heavy (non-hydrogen) atoms. The zero-order valence-corrected chi connectivity index (χ0v) is 10.9. The zero-order chi connectivity index (χ0) is 12.2. The van der Waals surface area contributed by atoms with Crippen molar-refractivity contribution in [3.05, 3.63) is 0 Å². The van der Waals surface area contributed by atoms with Crippen molar-refractivity contribution >= 4 is 5.91 Å². The van der Waals surface area contributed by atoms with Gasteiger partial charge >= 0.3 is 0 Å². The Morgan fingerprint density at radius 2 is 2.06 bits per heavy atom. The van der Waals surface area contributed by atoms with E-state index in [9.17, 15) is 4.79 Å². The molecule has 1 aliphatic rings. The maximum atomic E-state index is 11.4. The van der Waals surface area contributed by atoms with Gasteiger partial charge < -0.3 is 16.0 Å². The third kappa shape index (κ3) is 4.49. The molecule has 1 heterocycles. The minimum atomic E-state index is 0.0182. The quantitative estimate of drug-likeness (QED) is 0.660. The first-order chi connectivity index (χ1) is 7.42. The molecule has 1 saturated heterocycles. The van der Waals surface area contributed by atoms with Gasteiger partial charge in [-0.15, -0.1) is 0 Å². The zero-order valence-electron chi connectivity index (χ0n) is 10.9. The molecule has 1 rings (SSSR count). The number of hydrogen-bond donors (Lipinski definition) is 3. The monoisotopic (exact) mass is 227 g/mol. The maximum Gasteiger partial charge on any atom is 0.236 e. The van der Waals surface area contributed by atoms with Crippen molar-refractivity contribution in [2.45, 2.75) is 57.7 Å². The van der Waals surface area contributed by atoms with Gasteiger partial charge in [-0.05, 0) is 46.6 Å². The van der Waals surface area contributed by atoms with Gasteiger partial charge in [0, 0.05) is 18.6 Å². The highest BCUT2D eigenvalue weighted by Gasteiger charge is 2.27. The number of nitrogens with one attached hydrogen (secondary N) is 3. The summed E-state index contributed by atoms with van der Waals surface area (Å²) in [6.45, 7) is 7.51. The minimum Gasteiger partial charge on any atom is -0.358 e. The molecule has 94 valence electrons. The van der Waals surface area contributed by atoms with E-state index in [0.29, 0.717) is 6.04 Å². The average Bonchev–Trinajstić information content (AvgIpc) is 2.63. The Hall–Kier alpha value is -0.610. The van der Waals surface area contributed by atoms with Crippen LogP contribution in [0.1, 0.15) is 40.0 Å². The molecule has 3 N–H and O–H groups in total. The molecule has 4 heteroatoms. The van der Waals surface area contributed by atoms with Gasteiger partial charge in [-0.3, -0.25) is 4.79 Å². The average molecular weight is 227 g/mol. The van der Waals surface area contributed by atoms with Crippen LogP contribution >= 0.6 is 0 Å². The molecule has 0 radical (unpaired) electrons. The van der Waals surface area contributed by atoms with Crippen molar-refractivity contribution in [1.82, 2.24) is 16.0 Å². The first-order valence-electron chi connectivity index (χ1n) is 6.15. The van der Waals surface area contributed by atoms with E-state index in [4.69, 9.17) is 0 Å². The predicted molar refractivity (Wildman–Crippen MR) is 66.4 cm³/mol. The summed E-state index contributed by atoms with van der Waals surface area (Å²) < 4.78 is 0. The van der Waals surface area contributed by atoms with Crippen LogP contribution in [0, 0.1) is 0 Å². The molecule has 0 aromatic heterocycles. The second kappa shape index (κ2) is 5.64. The largest absolute Gasteiger partial charge is 0.358 e. The fraction of sp³-hybridized carbons (Fsp3) is 0.917. The smallest absolute Gasteiger partial charge is 0.236 e. The summed E-state index contributed by atoms with van der Waals surface area (Å²) in [5, 5.41) is 9.53. The van der Waals surface area contributed by atoms with E-state index in [2.05, 4.69) is 36.7 Å². The lowest BCUT2D eigenvalue weighted by Crippen LogP contribution is -2.43. The van der Waals surface area contributed by atoms with Crippen LogP contribution in [0.5, 0.6) is 0 Å². The molecule has 2 unspecified atom stereocenters. The summed E-state index contributed by atoms with van der Waals surface area (Å²) in [7, 11) is 1.69. The number of likely N-dealkylation sites (N-methyl/N-ethyl adjacent to an activating group) is 1. The SMILES string of the molecule is CNC(=O)C1CCC(CCNC(C)(C)C)N1. The fourth-order valence-electron chi connectivity index (χ4n) is 2.05. The van der Waals surface area contributed by atoms with E-state index < -0.39 is 0 Å². The third-order valence-electron chi connectivity index (χ3n) is 2.95. The second-order valence-electron chi connectivity index (χ2n) is 5.57. The van der Waals surface area contributed by atoms with Gasteiger partial charge in [0.15, 0.2) is 0 Å². The first-order valence-corrected chi connectivity index (χ1v) is 6.15. The van der Waals surface area contributed by atoms with Crippen LogP contribution in [0.15, 0.2) is 0 Å². The minimum absolute atomic E-state index is 0.0182. The predicted octanol–water partition coefficient (Wildman–Crippen LogP) is 0.631.